The highest BCUT2D eigenvalue weighted by Gasteiger charge is 2.36. The normalized spacial score (nSPS) is 11.6. The molecule has 0 radical (unpaired) electrons. The molecule has 0 N–H and O–H groups in total. The van der Waals surface area contributed by atoms with E-state index < -0.39 is 0 Å². The van der Waals surface area contributed by atoms with Gasteiger partial charge in [-0.1, -0.05) is 402 Å². The van der Waals surface area contributed by atoms with Crippen molar-refractivity contribution in [1.82, 2.24) is 49.8 Å². The molecule has 0 atom stereocenters. The molecule has 0 fully saturated rings. The molecule has 23 aromatic rings. The first kappa shape index (κ1) is 83.1. The zero-order valence-electron chi connectivity index (χ0n) is 74.0. The van der Waals surface area contributed by atoms with Crippen LogP contribution in [0.5, 0.6) is 0 Å². The Labute approximate surface area is 786 Å². The van der Waals surface area contributed by atoms with Gasteiger partial charge in [-0.05, 0) is 154 Å². The molecule has 13 nitrogen and oxygen atoms in total. The largest absolute Gasteiger partial charge is 0.436 e. The molecule has 0 spiro atoms. The van der Waals surface area contributed by atoms with Crippen LogP contribution in [0.3, 0.4) is 0 Å². The maximum absolute atomic E-state index is 9.36. The van der Waals surface area contributed by atoms with Crippen LogP contribution in [-0.2, 0) is 5.41 Å². The van der Waals surface area contributed by atoms with Gasteiger partial charge in [-0.2, -0.15) is 5.26 Å². The molecule has 0 unspecified atom stereocenters. The van der Waals surface area contributed by atoms with E-state index >= 15 is 0 Å². The lowest BCUT2D eigenvalue weighted by molar-refractivity contribution is 0.620. The standard InChI is InChI=1S/C47H32N4.C38H24N4O.C38H24N4/c1-47(2)41-28-35(23-25-38(41)39-27-24-36(48-3)29-42(39)47)30-18-20-32(21-19-30)43-37-17-11-10-12-31(37)22-26-40(43)46-50-44(33-13-6-4-7-14-33)49-45(51-46)34-15-8-5-9-16-34;1-3-12-27(13-4-1)35-40-36(28-14-5-2-6-15-28)42-37(41-35)31-24-23-25-11-7-8-16-30(25)34(31)26-19-21-29(22-20-26)38-39-32-17-9-10-18-33(32)43-38;39-25-26-10-9-16-32(24-26)27-18-20-29(21-19-27)35-33-17-8-7-11-28(33)22-23-34(35)38-41-36(30-12-3-1-4-13-30)40-37(42-38)31-14-5-2-6-15-31/h4-29H,1-2H3;1-24H;1-24H. The van der Waals surface area contributed by atoms with E-state index in [0.29, 0.717) is 69.6 Å². The third-order valence-corrected chi connectivity index (χ3v) is 25.1. The van der Waals surface area contributed by atoms with Crippen molar-refractivity contribution >= 4 is 49.1 Å². The van der Waals surface area contributed by atoms with E-state index in [2.05, 4.69) is 242 Å². The van der Waals surface area contributed by atoms with Crippen molar-refractivity contribution in [3.05, 3.63) is 477 Å². The minimum Gasteiger partial charge on any atom is -0.436 e. The van der Waals surface area contributed by atoms with Crippen molar-refractivity contribution in [2.75, 3.05) is 0 Å². The fraction of sp³-hybridized carbons (Fsp3) is 0.0244. The molecule has 19 aromatic carbocycles. The third kappa shape index (κ3) is 16.5. The molecule has 0 aliphatic heterocycles. The van der Waals surface area contributed by atoms with Gasteiger partial charge in [0.15, 0.2) is 63.7 Å². The lowest BCUT2D eigenvalue weighted by Gasteiger charge is -2.22. The predicted octanol–water partition coefficient (Wildman–Crippen LogP) is 30.9. The number of fused-ring (bicyclic) bond motifs is 7. The topological polar surface area (TPSA) is 170 Å². The van der Waals surface area contributed by atoms with Crippen molar-refractivity contribution in [1.29, 1.82) is 5.26 Å². The van der Waals surface area contributed by atoms with Crippen LogP contribution in [0.2, 0.25) is 0 Å². The van der Waals surface area contributed by atoms with Crippen LogP contribution in [0.15, 0.2) is 453 Å². The average Bonchev–Trinajstić information content (AvgIpc) is 1.57. The van der Waals surface area contributed by atoms with Crippen LogP contribution in [0, 0.1) is 17.9 Å². The molecule has 0 bridgehead atoms. The van der Waals surface area contributed by atoms with E-state index in [9.17, 15) is 5.26 Å². The number of hydrogen-bond donors (Lipinski definition) is 0. The molecule has 0 amide bonds. The highest BCUT2D eigenvalue weighted by Crippen LogP contribution is 2.52. The first-order valence-electron chi connectivity index (χ1n) is 45.1. The fourth-order valence-electron chi connectivity index (χ4n) is 18.3. The quantitative estimate of drug-likeness (QED) is 0.0891. The van der Waals surface area contributed by atoms with E-state index in [0.717, 1.165) is 149 Å². The third-order valence-electron chi connectivity index (χ3n) is 25.1. The number of nitriles is 1. The second-order valence-corrected chi connectivity index (χ2v) is 33.9. The maximum atomic E-state index is 9.36. The number of aromatic nitrogens is 10. The second-order valence-electron chi connectivity index (χ2n) is 33.9. The number of rotatable bonds is 15. The van der Waals surface area contributed by atoms with E-state index in [-0.39, 0.29) is 5.41 Å². The molecule has 136 heavy (non-hydrogen) atoms. The predicted molar refractivity (Wildman–Crippen MR) is 550 cm³/mol. The SMILES string of the molecule is N#Cc1cccc(-c2ccc(-c3c(-c4nc(-c5ccccc5)nc(-c5ccccc5)n4)ccc4ccccc34)cc2)c1.[C-]#[N+]c1ccc2c(c1)C(C)(C)c1cc(-c3ccc(-c4c(-c5nc(-c6ccccc6)nc(-c6ccccc6)n5)ccc5ccccc45)cc3)ccc1-2.c1ccc(-c2nc(-c3ccccc3)nc(-c3ccc4ccccc4c3-c3ccc(-c4nc5ccccc5o4)cc3)n2)cc1. The molecule has 0 saturated heterocycles. The molecule has 4 aromatic heterocycles. The molecular weight excluding hydrogens is 1660 g/mol. The van der Waals surface area contributed by atoms with E-state index in [1.165, 1.54) is 27.8 Å². The fourth-order valence-corrected chi connectivity index (χ4v) is 18.3. The van der Waals surface area contributed by atoms with Crippen LogP contribution in [0.1, 0.15) is 30.5 Å². The van der Waals surface area contributed by atoms with Crippen molar-refractivity contribution in [3.63, 3.8) is 0 Å². The summed E-state index contributed by atoms with van der Waals surface area (Å²) >= 11 is 0. The Morgan fingerprint density at radius 2 is 0.537 bits per heavy atom. The van der Waals surface area contributed by atoms with Crippen molar-refractivity contribution in [3.8, 4) is 187 Å². The smallest absolute Gasteiger partial charge is 0.227 e. The number of para-hydroxylation sites is 2. The first-order chi connectivity index (χ1) is 67.0. The zero-order valence-corrected chi connectivity index (χ0v) is 74.0. The van der Waals surface area contributed by atoms with Crippen LogP contribution in [0.4, 0.5) is 5.69 Å². The lowest BCUT2D eigenvalue weighted by atomic mass is 9.81. The molecule has 1 aliphatic rings. The van der Waals surface area contributed by atoms with Crippen molar-refractivity contribution < 1.29 is 4.42 Å². The Hall–Kier alpha value is -18.6. The van der Waals surface area contributed by atoms with Gasteiger partial charge in [-0.25, -0.2) is 54.7 Å². The molecule has 638 valence electrons. The summed E-state index contributed by atoms with van der Waals surface area (Å²) in [6, 6.07) is 155. The van der Waals surface area contributed by atoms with Gasteiger partial charge in [-0.15, -0.1) is 0 Å². The number of nitrogens with zero attached hydrogens (tertiary/aromatic N) is 12. The summed E-state index contributed by atoms with van der Waals surface area (Å²) in [5.41, 5.74) is 27.9. The van der Waals surface area contributed by atoms with E-state index in [4.69, 9.17) is 55.8 Å². The summed E-state index contributed by atoms with van der Waals surface area (Å²) in [7, 11) is 0. The molecule has 4 heterocycles. The lowest BCUT2D eigenvalue weighted by Crippen LogP contribution is -2.14. The van der Waals surface area contributed by atoms with E-state index in [1.54, 1.807) is 0 Å². The van der Waals surface area contributed by atoms with Crippen LogP contribution in [-0.4, -0.2) is 49.8 Å². The molecule has 0 saturated carbocycles. The Bertz CT molecular complexity index is 8340. The van der Waals surface area contributed by atoms with Gasteiger partial charge in [0.1, 0.15) is 5.52 Å². The van der Waals surface area contributed by atoms with Crippen molar-refractivity contribution in [2.24, 2.45) is 0 Å². The van der Waals surface area contributed by atoms with Crippen LogP contribution < -0.4 is 0 Å². The highest BCUT2D eigenvalue weighted by atomic mass is 16.3. The number of oxazole rings is 1. The second kappa shape index (κ2) is 36.4. The van der Waals surface area contributed by atoms with Gasteiger partial charge < -0.3 is 4.42 Å². The number of hydrogen-bond acceptors (Lipinski definition) is 12. The van der Waals surface area contributed by atoms with Crippen LogP contribution >= 0.6 is 0 Å². The highest BCUT2D eigenvalue weighted by molar-refractivity contribution is 6.07. The van der Waals surface area contributed by atoms with Gasteiger partial charge in [0.05, 0.1) is 18.2 Å². The zero-order chi connectivity index (χ0) is 91.4. The van der Waals surface area contributed by atoms with Crippen LogP contribution in [0.25, 0.3) is 229 Å². The summed E-state index contributed by atoms with van der Waals surface area (Å²) in [5.74, 6) is 6.28. The molecule has 1 aliphatic carbocycles. The molecule has 24 rings (SSSR count). The van der Waals surface area contributed by atoms with Gasteiger partial charge in [0, 0.05) is 77.7 Å². The van der Waals surface area contributed by atoms with Crippen molar-refractivity contribution in [2.45, 2.75) is 19.3 Å². The minimum atomic E-state index is -0.194. The Kier molecular flexibility index (Phi) is 22.2. The monoisotopic (exact) mass is 1740 g/mol. The summed E-state index contributed by atoms with van der Waals surface area (Å²) in [4.78, 5) is 53.4. The number of benzene rings is 19. The van der Waals surface area contributed by atoms with Gasteiger partial charge in [-0.3, -0.25) is 0 Å². The summed E-state index contributed by atoms with van der Waals surface area (Å²) < 4.78 is 6.04. The average molecular weight is 1740 g/mol. The Morgan fingerprint density at radius 1 is 0.243 bits per heavy atom. The maximum Gasteiger partial charge on any atom is 0.227 e. The molecular formula is C123H80N12O. The molecule has 13 heteroatoms. The summed E-state index contributed by atoms with van der Waals surface area (Å²) in [6.07, 6.45) is 0. The van der Waals surface area contributed by atoms with Gasteiger partial charge >= 0.3 is 0 Å². The summed E-state index contributed by atoms with van der Waals surface area (Å²) in [5, 5.41) is 16.2. The minimum absolute atomic E-state index is 0.194. The van der Waals surface area contributed by atoms with Gasteiger partial charge in [0.2, 0.25) is 5.89 Å². The first-order valence-corrected chi connectivity index (χ1v) is 45.1. The van der Waals surface area contributed by atoms with E-state index in [1.807, 2.05) is 237 Å². The summed E-state index contributed by atoms with van der Waals surface area (Å²) in [6.45, 7) is 12.1. The van der Waals surface area contributed by atoms with Gasteiger partial charge in [0.25, 0.3) is 0 Å². The Balaban J connectivity index is 0.000000119. The Morgan fingerprint density at radius 3 is 0.904 bits per heavy atom.